The Kier molecular flexibility index (Phi) is 5.21. The Labute approximate surface area is 117 Å². The smallest absolute Gasteiger partial charge is 0.0697 e. The van der Waals surface area contributed by atoms with E-state index in [1.54, 1.807) is 7.11 Å². The molecule has 1 heterocycles. The van der Waals surface area contributed by atoms with Crippen molar-refractivity contribution >= 4 is 15.9 Å². The zero-order chi connectivity index (χ0) is 13.0. The van der Waals surface area contributed by atoms with Crippen molar-refractivity contribution in [3.05, 3.63) is 16.4 Å². The van der Waals surface area contributed by atoms with Crippen molar-refractivity contribution in [2.45, 2.75) is 44.7 Å². The summed E-state index contributed by atoms with van der Waals surface area (Å²) in [6.07, 6.45) is 8.29. The molecule has 2 N–H and O–H groups in total. The van der Waals surface area contributed by atoms with Gasteiger partial charge in [-0.05, 0) is 34.7 Å². The van der Waals surface area contributed by atoms with Gasteiger partial charge in [0.1, 0.15) is 0 Å². The van der Waals surface area contributed by atoms with Gasteiger partial charge in [-0.15, -0.1) is 0 Å². The Balaban J connectivity index is 2.12. The molecule has 0 amide bonds. The number of ether oxygens (including phenoxy) is 1. The lowest BCUT2D eigenvalue weighted by Crippen LogP contribution is -2.27. The van der Waals surface area contributed by atoms with Crippen LogP contribution >= 0.6 is 15.9 Å². The molecule has 0 radical (unpaired) electrons. The molecule has 102 valence electrons. The summed E-state index contributed by atoms with van der Waals surface area (Å²) in [5, 5.41) is 4.38. The fourth-order valence-corrected chi connectivity index (χ4v) is 3.34. The third-order valence-corrected chi connectivity index (χ3v) is 4.42. The minimum atomic E-state index is 0.0824. The Morgan fingerprint density at radius 2 is 2.22 bits per heavy atom. The van der Waals surface area contributed by atoms with Crippen LogP contribution < -0.4 is 5.73 Å². The van der Waals surface area contributed by atoms with E-state index < -0.39 is 0 Å². The minimum absolute atomic E-state index is 0.0824. The number of rotatable bonds is 5. The van der Waals surface area contributed by atoms with Gasteiger partial charge in [-0.25, -0.2) is 0 Å². The molecular weight excluding hydrogens is 294 g/mol. The standard InChI is InChI=1S/C13H22BrN3O/c1-18-8-7-17-13(11(14)9-16-17)12(15)10-5-3-2-4-6-10/h9-10,12H,2-8,15H2,1H3. The fraction of sp³-hybridized carbons (Fsp3) is 0.769. The number of nitrogens with zero attached hydrogens (tertiary/aromatic N) is 2. The number of aromatic nitrogens is 2. The highest BCUT2D eigenvalue weighted by Crippen LogP contribution is 2.35. The van der Waals surface area contributed by atoms with Crippen molar-refractivity contribution in [2.75, 3.05) is 13.7 Å². The molecule has 18 heavy (non-hydrogen) atoms. The largest absolute Gasteiger partial charge is 0.383 e. The summed E-state index contributed by atoms with van der Waals surface area (Å²) in [6, 6.07) is 0.0824. The van der Waals surface area contributed by atoms with Gasteiger partial charge in [-0.2, -0.15) is 5.10 Å². The molecule has 1 aromatic rings. The molecule has 1 unspecified atom stereocenters. The number of hydrogen-bond donors (Lipinski definition) is 1. The number of hydrogen-bond acceptors (Lipinski definition) is 3. The van der Waals surface area contributed by atoms with Gasteiger partial charge in [-0.1, -0.05) is 19.3 Å². The van der Waals surface area contributed by atoms with E-state index in [-0.39, 0.29) is 6.04 Å². The second kappa shape index (κ2) is 6.68. The van der Waals surface area contributed by atoms with Crippen LogP contribution in [0.5, 0.6) is 0 Å². The van der Waals surface area contributed by atoms with E-state index in [0.29, 0.717) is 12.5 Å². The zero-order valence-electron chi connectivity index (χ0n) is 10.9. The number of halogens is 1. The van der Waals surface area contributed by atoms with Gasteiger partial charge in [0.25, 0.3) is 0 Å². The molecule has 1 aliphatic rings. The molecule has 0 aromatic carbocycles. The molecule has 0 bridgehead atoms. The van der Waals surface area contributed by atoms with Gasteiger partial charge in [0.05, 0.1) is 35.6 Å². The summed E-state index contributed by atoms with van der Waals surface area (Å²) in [7, 11) is 1.71. The normalized spacial score (nSPS) is 19.1. The highest BCUT2D eigenvalue weighted by atomic mass is 79.9. The Morgan fingerprint density at radius 3 is 2.89 bits per heavy atom. The molecule has 4 nitrogen and oxygen atoms in total. The topological polar surface area (TPSA) is 53.1 Å². The molecule has 0 aliphatic heterocycles. The Hall–Kier alpha value is -0.390. The average molecular weight is 316 g/mol. The van der Waals surface area contributed by atoms with Crippen molar-refractivity contribution in [1.29, 1.82) is 0 Å². The van der Waals surface area contributed by atoms with E-state index in [0.717, 1.165) is 16.7 Å². The lowest BCUT2D eigenvalue weighted by molar-refractivity contribution is 0.180. The van der Waals surface area contributed by atoms with Crippen LogP contribution in [-0.4, -0.2) is 23.5 Å². The summed E-state index contributed by atoms with van der Waals surface area (Å²) in [4.78, 5) is 0. The van der Waals surface area contributed by atoms with Gasteiger partial charge in [0.2, 0.25) is 0 Å². The number of methoxy groups -OCH3 is 1. The van der Waals surface area contributed by atoms with Crippen molar-refractivity contribution in [3.8, 4) is 0 Å². The lowest BCUT2D eigenvalue weighted by Gasteiger charge is -2.28. The first-order valence-electron chi connectivity index (χ1n) is 6.69. The van der Waals surface area contributed by atoms with E-state index >= 15 is 0 Å². The van der Waals surface area contributed by atoms with Gasteiger partial charge < -0.3 is 10.5 Å². The maximum absolute atomic E-state index is 6.46. The monoisotopic (exact) mass is 315 g/mol. The van der Waals surface area contributed by atoms with Crippen molar-refractivity contribution in [1.82, 2.24) is 9.78 Å². The fourth-order valence-electron chi connectivity index (χ4n) is 2.78. The zero-order valence-corrected chi connectivity index (χ0v) is 12.5. The van der Waals surface area contributed by atoms with Crippen molar-refractivity contribution in [2.24, 2.45) is 11.7 Å². The third kappa shape index (κ3) is 3.13. The maximum atomic E-state index is 6.46. The summed E-state index contributed by atoms with van der Waals surface area (Å²) >= 11 is 3.57. The molecule has 0 saturated heterocycles. The summed E-state index contributed by atoms with van der Waals surface area (Å²) in [5.74, 6) is 0.591. The SMILES string of the molecule is COCCn1ncc(Br)c1C(N)C1CCCCC1. The lowest BCUT2D eigenvalue weighted by atomic mass is 9.83. The predicted molar refractivity (Wildman–Crippen MR) is 75.3 cm³/mol. The molecule has 2 rings (SSSR count). The molecule has 1 aliphatic carbocycles. The Morgan fingerprint density at radius 1 is 1.50 bits per heavy atom. The molecule has 1 fully saturated rings. The van der Waals surface area contributed by atoms with E-state index in [9.17, 15) is 0 Å². The highest BCUT2D eigenvalue weighted by Gasteiger charge is 2.26. The minimum Gasteiger partial charge on any atom is -0.383 e. The average Bonchev–Trinajstić information content (AvgIpc) is 2.77. The van der Waals surface area contributed by atoms with Gasteiger partial charge >= 0.3 is 0 Å². The van der Waals surface area contributed by atoms with Crippen LogP contribution in [0.4, 0.5) is 0 Å². The van der Waals surface area contributed by atoms with Crippen molar-refractivity contribution < 1.29 is 4.74 Å². The summed E-state index contributed by atoms with van der Waals surface area (Å²) in [6.45, 7) is 1.43. The van der Waals surface area contributed by atoms with Crippen LogP contribution in [0.2, 0.25) is 0 Å². The highest BCUT2D eigenvalue weighted by molar-refractivity contribution is 9.10. The van der Waals surface area contributed by atoms with Crippen molar-refractivity contribution in [3.63, 3.8) is 0 Å². The van der Waals surface area contributed by atoms with Gasteiger partial charge in [0, 0.05) is 7.11 Å². The second-order valence-corrected chi connectivity index (χ2v) is 5.87. The maximum Gasteiger partial charge on any atom is 0.0697 e. The quantitative estimate of drug-likeness (QED) is 0.909. The summed E-state index contributed by atoms with van der Waals surface area (Å²) in [5.41, 5.74) is 7.58. The van der Waals surface area contributed by atoms with Crippen LogP contribution in [0.15, 0.2) is 10.7 Å². The van der Waals surface area contributed by atoms with E-state index in [1.807, 2.05) is 10.9 Å². The van der Waals surface area contributed by atoms with Crippen LogP contribution in [0, 0.1) is 5.92 Å². The van der Waals surface area contributed by atoms with Crippen LogP contribution in [0.25, 0.3) is 0 Å². The van der Waals surface area contributed by atoms with Crippen LogP contribution in [0.3, 0.4) is 0 Å². The molecule has 1 aromatic heterocycles. The van der Waals surface area contributed by atoms with Gasteiger partial charge in [-0.3, -0.25) is 4.68 Å². The molecular formula is C13H22BrN3O. The predicted octanol–water partition coefficient (Wildman–Crippen LogP) is 2.87. The third-order valence-electron chi connectivity index (χ3n) is 3.81. The van der Waals surface area contributed by atoms with E-state index in [2.05, 4.69) is 21.0 Å². The van der Waals surface area contributed by atoms with E-state index in [4.69, 9.17) is 10.5 Å². The van der Waals surface area contributed by atoms with Gasteiger partial charge in [0.15, 0.2) is 0 Å². The first-order valence-corrected chi connectivity index (χ1v) is 7.49. The first-order chi connectivity index (χ1) is 8.74. The molecule has 0 spiro atoms. The Bertz CT molecular complexity index is 374. The first kappa shape index (κ1) is 14.0. The van der Waals surface area contributed by atoms with Crippen LogP contribution in [-0.2, 0) is 11.3 Å². The molecule has 1 saturated carbocycles. The van der Waals surface area contributed by atoms with Crippen LogP contribution in [0.1, 0.15) is 43.8 Å². The van der Waals surface area contributed by atoms with E-state index in [1.165, 1.54) is 32.1 Å². The summed E-state index contributed by atoms with van der Waals surface area (Å²) < 4.78 is 8.12. The molecule has 5 heteroatoms. The second-order valence-electron chi connectivity index (χ2n) is 5.02. The number of nitrogens with two attached hydrogens (primary N) is 1. The molecule has 1 atom stereocenters.